The molecule has 0 unspecified atom stereocenters. The third kappa shape index (κ3) is 8.60. The monoisotopic (exact) mass is 820 g/mol. The third-order valence-electron chi connectivity index (χ3n) is 9.38. The number of rotatable bonds is 6. The van der Waals surface area contributed by atoms with Crippen molar-refractivity contribution in [2.45, 2.75) is 64.2 Å². The zero-order valence-corrected chi connectivity index (χ0v) is 32.7. The van der Waals surface area contributed by atoms with Crippen LogP contribution in [-0.4, -0.2) is 77.0 Å². The summed E-state index contributed by atoms with van der Waals surface area (Å²) in [5.41, 5.74) is 10.6. The van der Waals surface area contributed by atoms with Gasteiger partial charge in [0.15, 0.2) is 11.2 Å². The fourth-order valence-corrected chi connectivity index (χ4v) is 6.29. The lowest BCUT2D eigenvalue weighted by Gasteiger charge is -2.14. The number of carbonyl (C=O) groups excluding carboxylic acids is 2. The summed E-state index contributed by atoms with van der Waals surface area (Å²) in [5, 5.41) is 28.8. The highest BCUT2D eigenvalue weighted by atomic mass is 19.1. The smallest absolute Gasteiger partial charge is 0.268 e. The molecule has 0 bridgehead atoms. The SMILES string of the molecule is Cc1cc([C@](C)(O)C#Cc2ccc3c(c2)-c2nc(C(N)=O)cn2C[C@@H](CF)O3)no1.Cc1cc([C@](C)(O)C#Cc2ccc3c(c2)-c2nc(C(N)=O)cn2C[C@H](CF)O3)no1. The summed E-state index contributed by atoms with van der Waals surface area (Å²) in [7, 11) is 0. The van der Waals surface area contributed by atoms with Gasteiger partial charge >= 0.3 is 0 Å². The Kier molecular flexibility index (Phi) is 11.0. The summed E-state index contributed by atoms with van der Waals surface area (Å²) in [6, 6.07) is 13.3. The van der Waals surface area contributed by atoms with E-state index in [2.05, 4.69) is 44.0 Å². The number of fused-ring (bicyclic) bond motifs is 6. The van der Waals surface area contributed by atoms with Crippen LogP contribution in [0.1, 0.15) is 68.9 Å². The second kappa shape index (κ2) is 16.2. The predicted octanol–water partition coefficient (Wildman–Crippen LogP) is 3.87. The highest BCUT2D eigenvalue weighted by Gasteiger charge is 2.29. The van der Waals surface area contributed by atoms with E-state index in [1.165, 1.54) is 26.2 Å². The van der Waals surface area contributed by atoms with Crippen LogP contribution >= 0.6 is 0 Å². The van der Waals surface area contributed by atoms with Gasteiger partial charge < -0.3 is 49.3 Å². The molecule has 0 spiro atoms. The quantitative estimate of drug-likeness (QED) is 0.176. The van der Waals surface area contributed by atoms with E-state index in [4.69, 9.17) is 30.0 Å². The third-order valence-corrected chi connectivity index (χ3v) is 9.38. The molecule has 6 N–H and O–H groups in total. The Morgan fingerprint density at radius 3 is 1.47 bits per heavy atom. The maximum absolute atomic E-state index is 13.4. The molecule has 60 heavy (non-hydrogen) atoms. The molecule has 8 rings (SSSR count). The molecule has 2 aromatic carbocycles. The van der Waals surface area contributed by atoms with Gasteiger partial charge in [0.25, 0.3) is 11.8 Å². The lowest BCUT2D eigenvalue weighted by atomic mass is 10.0. The number of hydrogen-bond acceptors (Lipinski definition) is 12. The number of hydrogen-bond donors (Lipinski definition) is 4. The molecule has 0 saturated heterocycles. The summed E-state index contributed by atoms with van der Waals surface area (Å²) in [6.07, 6.45) is 1.50. The zero-order valence-electron chi connectivity index (χ0n) is 32.7. The van der Waals surface area contributed by atoms with Crippen molar-refractivity contribution in [1.29, 1.82) is 0 Å². The fourth-order valence-electron chi connectivity index (χ4n) is 6.29. The number of imidazole rings is 2. The van der Waals surface area contributed by atoms with Gasteiger partial charge in [0.05, 0.1) is 24.2 Å². The Morgan fingerprint density at radius 1 is 0.733 bits per heavy atom. The Labute approximate surface area is 341 Å². The van der Waals surface area contributed by atoms with E-state index in [1.807, 2.05) is 0 Å². The number of aliphatic hydroxyl groups is 2. The van der Waals surface area contributed by atoms with Crippen LogP contribution in [0, 0.1) is 37.5 Å². The van der Waals surface area contributed by atoms with Crippen molar-refractivity contribution in [3.05, 3.63) is 106 Å². The van der Waals surface area contributed by atoms with Crippen LogP contribution in [0.2, 0.25) is 0 Å². The predicted molar refractivity (Wildman–Crippen MR) is 209 cm³/mol. The van der Waals surface area contributed by atoms with Crippen molar-refractivity contribution in [3.63, 3.8) is 0 Å². The molecule has 0 radical (unpaired) electrons. The van der Waals surface area contributed by atoms with Crippen molar-refractivity contribution in [2.75, 3.05) is 13.3 Å². The van der Waals surface area contributed by atoms with E-state index < -0.39 is 48.6 Å². The van der Waals surface area contributed by atoms with E-state index in [0.29, 0.717) is 68.3 Å². The number of benzene rings is 2. The molecular formula is C42H38F2N8O8. The first-order valence-corrected chi connectivity index (χ1v) is 18.4. The number of primary amides is 2. The molecule has 18 heteroatoms. The van der Waals surface area contributed by atoms with Crippen LogP contribution in [0.5, 0.6) is 11.5 Å². The normalized spacial score (nSPS) is 16.9. The van der Waals surface area contributed by atoms with Gasteiger partial charge in [0.2, 0.25) is 0 Å². The number of halogens is 2. The number of alkyl halides is 2. The minimum Gasteiger partial charge on any atom is -0.485 e. The van der Waals surface area contributed by atoms with Crippen LogP contribution in [0.25, 0.3) is 22.8 Å². The van der Waals surface area contributed by atoms with Gasteiger partial charge in [0, 0.05) is 35.7 Å². The molecule has 4 aromatic heterocycles. The van der Waals surface area contributed by atoms with Gasteiger partial charge in [-0.3, -0.25) is 9.59 Å². The van der Waals surface area contributed by atoms with Gasteiger partial charge in [-0.2, -0.15) is 0 Å². The molecule has 6 heterocycles. The molecule has 6 aromatic rings. The number of aromatic nitrogens is 6. The molecule has 0 saturated carbocycles. The van der Waals surface area contributed by atoms with E-state index in [-0.39, 0.29) is 24.5 Å². The van der Waals surface area contributed by atoms with Crippen LogP contribution in [0.15, 0.2) is 70.0 Å². The van der Waals surface area contributed by atoms with Crippen LogP contribution in [0.3, 0.4) is 0 Å². The highest BCUT2D eigenvalue weighted by molar-refractivity contribution is 5.92. The number of amides is 2. The molecular weight excluding hydrogens is 783 g/mol. The average molecular weight is 821 g/mol. The molecule has 4 atom stereocenters. The van der Waals surface area contributed by atoms with Gasteiger partial charge in [-0.1, -0.05) is 34.0 Å². The minimum absolute atomic E-state index is 0.0799. The average Bonchev–Trinajstić information content (AvgIpc) is 4.02. The van der Waals surface area contributed by atoms with Crippen LogP contribution < -0.4 is 20.9 Å². The molecule has 2 aliphatic rings. The van der Waals surface area contributed by atoms with Crippen molar-refractivity contribution in [1.82, 2.24) is 29.4 Å². The fraction of sp³-hybridized carbons (Fsp3) is 0.286. The topological polar surface area (TPSA) is 233 Å². The maximum Gasteiger partial charge on any atom is 0.268 e. The van der Waals surface area contributed by atoms with Gasteiger partial charge in [-0.05, 0) is 64.1 Å². The Bertz CT molecular complexity index is 2560. The van der Waals surface area contributed by atoms with E-state index in [0.717, 1.165) is 0 Å². The molecule has 308 valence electrons. The van der Waals surface area contributed by atoms with Crippen molar-refractivity contribution in [3.8, 4) is 58.0 Å². The zero-order chi connectivity index (χ0) is 42.9. The number of carbonyl (C=O) groups is 2. The molecule has 0 fully saturated rings. The lowest BCUT2D eigenvalue weighted by molar-refractivity contribution is 0.0987. The molecule has 2 amide bonds. The van der Waals surface area contributed by atoms with Crippen LogP contribution in [-0.2, 0) is 24.3 Å². The van der Waals surface area contributed by atoms with Crippen molar-refractivity contribution < 1.29 is 47.1 Å². The summed E-state index contributed by atoms with van der Waals surface area (Å²) < 4.78 is 51.6. The second-order valence-electron chi connectivity index (χ2n) is 14.4. The molecule has 16 nitrogen and oxygen atoms in total. The van der Waals surface area contributed by atoms with Gasteiger partial charge in [0.1, 0.15) is 83.0 Å². The number of nitrogens with zero attached hydrogens (tertiary/aromatic N) is 6. The van der Waals surface area contributed by atoms with E-state index >= 15 is 0 Å². The van der Waals surface area contributed by atoms with Gasteiger partial charge in [-0.25, -0.2) is 18.7 Å². The van der Waals surface area contributed by atoms with Crippen molar-refractivity contribution >= 4 is 11.8 Å². The van der Waals surface area contributed by atoms with Crippen molar-refractivity contribution in [2.24, 2.45) is 11.5 Å². The summed E-state index contributed by atoms with van der Waals surface area (Å²) in [4.78, 5) is 31.7. The summed E-state index contributed by atoms with van der Waals surface area (Å²) in [5.74, 6) is 12.8. The first kappa shape index (κ1) is 40.9. The van der Waals surface area contributed by atoms with Gasteiger partial charge in [-0.15, -0.1) is 0 Å². The first-order chi connectivity index (χ1) is 28.5. The van der Waals surface area contributed by atoms with E-state index in [1.54, 1.807) is 71.5 Å². The number of aryl methyl sites for hydroxylation is 2. The van der Waals surface area contributed by atoms with E-state index in [9.17, 15) is 28.6 Å². The largest absolute Gasteiger partial charge is 0.485 e. The Balaban J connectivity index is 0.000000181. The maximum atomic E-state index is 13.4. The molecule has 2 aliphatic heterocycles. The standard InChI is InChI=1S/2C21H19FN4O4/c2*1-12-7-18(25-30-12)21(2,28)6-5-13-3-4-17-15(8-13)20-24-16(19(23)27)11-26(20)10-14(9-22)29-17/h2*3-4,7-8,11,14,28H,9-10H2,1-2H3,(H2,23,27)/t14-,21+;14-,21-/m01/s1. The first-order valence-electron chi connectivity index (χ1n) is 18.4. The van der Waals surface area contributed by atoms with Crippen LogP contribution in [0.4, 0.5) is 8.78 Å². The molecule has 0 aliphatic carbocycles. The highest BCUT2D eigenvalue weighted by Crippen LogP contribution is 2.36. The number of nitrogens with two attached hydrogens (primary N) is 2. The lowest BCUT2D eigenvalue weighted by Crippen LogP contribution is -2.23. The second-order valence-corrected chi connectivity index (χ2v) is 14.4. The number of ether oxygens (including phenoxy) is 2. The Morgan fingerprint density at radius 2 is 1.13 bits per heavy atom. The summed E-state index contributed by atoms with van der Waals surface area (Å²) in [6.45, 7) is 5.43. The Hall–Kier alpha value is -7.28. The summed E-state index contributed by atoms with van der Waals surface area (Å²) >= 11 is 0. The minimum atomic E-state index is -1.52.